The van der Waals surface area contributed by atoms with Crippen LogP contribution in [0, 0.1) is 26.6 Å². The number of carbonyl (C=O) groups is 1. The van der Waals surface area contributed by atoms with Crippen molar-refractivity contribution in [1.29, 1.82) is 0 Å². The number of hydrogen-bond donors (Lipinski definition) is 2. The van der Waals surface area contributed by atoms with Crippen molar-refractivity contribution in [2.75, 3.05) is 10.6 Å². The average Bonchev–Trinajstić information content (AvgIpc) is 3.05. The third-order valence-electron chi connectivity index (χ3n) is 5.35. The van der Waals surface area contributed by atoms with E-state index in [2.05, 4.69) is 15.6 Å². The molecule has 2 N–H and O–H groups in total. The first kappa shape index (κ1) is 21.7. The molecule has 0 bridgehead atoms. The van der Waals surface area contributed by atoms with Crippen LogP contribution in [0.3, 0.4) is 0 Å². The van der Waals surface area contributed by atoms with Crippen LogP contribution in [0.4, 0.5) is 15.2 Å². The summed E-state index contributed by atoms with van der Waals surface area (Å²) < 4.78 is 14.2. The number of amides is 1. The van der Waals surface area contributed by atoms with Gasteiger partial charge in [-0.2, -0.15) is 0 Å². The molecular formula is C26H24FN3OS. The van der Waals surface area contributed by atoms with E-state index in [0.717, 1.165) is 32.3 Å². The molecule has 4 nitrogen and oxygen atoms in total. The van der Waals surface area contributed by atoms with Gasteiger partial charge < -0.3 is 10.6 Å². The summed E-state index contributed by atoms with van der Waals surface area (Å²) in [6.45, 7) is 5.97. The second-order valence-corrected chi connectivity index (χ2v) is 8.87. The standard InChI is InChI=1S/C26H24FN3OS/c1-16-9-7-14-22(28-16)29-24(20-12-8-13-21(27)15-20)23-17(2)18(3)32-26(23)30-25(31)19-10-5-4-6-11-19/h4-15,24H,1-3H3,(H,28,29)(H,30,31)/t24-/m0/s1. The Labute approximate surface area is 191 Å². The van der Waals surface area contributed by atoms with Crippen LogP contribution in [-0.2, 0) is 0 Å². The Kier molecular flexibility index (Phi) is 6.32. The Morgan fingerprint density at radius 2 is 1.72 bits per heavy atom. The molecule has 2 heterocycles. The van der Waals surface area contributed by atoms with E-state index in [1.54, 1.807) is 18.2 Å². The first-order valence-corrected chi connectivity index (χ1v) is 11.2. The number of nitrogens with zero attached hydrogens (tertiary/aromatic N) is 1. The van der Waals surface area contributed by atoms with Crippen LogP contribution >= 0.6 is 11.3 Å². The Balaban J connectivity index is 1.79. The highest BCUT2D eigenvalue weighted by Gasteiger charge is 2.25. The number of thiophene rings is 1. The number of benzene rings is 2. The van der Waals surface area contributed by atoms with Crippen molar-refractivity contribution in [3.63, 3.8) is 0 Å². The van der Waals surface area contributed by atoms with Gasteiger partial charge in [0, 0.05) is 21.7 Å². The van der Waals surface area contributed by atoms with Gasteiger partial charge in [0.25, 0.3) is 5.91 Å². The smallest absolute Gasteiger partial charge is 0.256 e. The van der Waals surface area contributed by atoms with Gasteiger partial charge in [0.2, 0.25) is 0 Å². The molecule has 4 rings (SSSR count). The zero-order chi connectivity index (χ0) is 22.7. The van der Waals surface area contributed by atoms with Crippen LogP contribution in [0.25, 0.3) is 0 Å². The van der Waals surface area contributed by atoms with E-state index in [9.17, 15) is 9.18 Å². The number of carbonyl (C=O) groups excluding carboxylic acids is 1. The van der Waals surface area contributed by atoms with Crippen LogP contribution in [0.2, 0.25) is 0 Å². The molecule has 2 aromatic heterocycles. The van der Waals surface area contributed by atoms with Crippen molar-refractivity contribution in [1.82, 2.24) is 4.98 Å². The lowest BCUT2D eigenvalue weighted by molar-refractivity contribution is 0.102. The Morgan fingerprint density at radius 3 is 2.44 bits per heavy atom. The SMILES string of the molecule is Cc1cccc(N[C@@H](c2cccc(F)c2)c2c(NC(=O)c3ccccc3)sc(C)c2C)n1. The minimum absolute atomic E-state index is 0.181. The van der Waals surface area contributed by atoms with Gasteiger partial charge in [-0.1, -0.05) is 36.4 Å². The number of rotatable bonds is 6. The number of aromatic nitrogens is 1. The summed E-state index contributed by atoms with van der Waals surface area (Å²) in [5, 5.41) is 7.28. The van der Waals surface area contributed by atoms with Crippen molar-refractivity contribution in [3.05, 3.63) is 111 Å². The zero-order valence-corrected chi connectivity index (χ0v) is 19.0. The third-order valence-corrected chi connectivity index (χ3v) is 6.48. The Morgan fingerprint density at radius 1 is 0.969 bits per heavy atom. The van der Waals surface area contributed by atoms with Gasteiger partial charge in [-0.05, 0) is 68.3 Å². The lowest BCUT2D eigenvalue weighted by Gasteiger charge is -2.22. The predicted molar refractivity (Wildman–Crippen MR) is 129 cm³/mol. The summed E-state index contributed by atoms with van der Waals surface area (Å²) in [4.78, 5) is 18.6. The van der Waals surface area contributed by atoms with Gasteiger partial charge in [-0.25, -0.2) is 9.37 Å². The van der Waals surface area contributed by atoms with E-state index in [-0.39, 0.29) is 11.7 Å². The summed E-state index contributed by atoms with van der Waals surface area (Å²) in [6.07, 6.45) is 0. The van der Waals surface area contributed by atoms with E-state index >= 15 is 0 Å². The van der Waals surface area contributed by atoms with E-state index in [0.29, 0.717) is 11.4 Å². The van der Waals surface area contributed by atoms with E-state index in [1.807, 2.05) is 63.2 Å². The van der Waals surface area contributed by atoms with Gasteiger partial charge in [0.15, 0.2) is 0 Å². The minimum Gasteiger partial charge on any atom is -0.359 e. The van der Waals surface area contributed by atoms with Gasteiger partial charge in [-0.15, -0.1) is 11.3 Å². The number of pyridine rings is 1. The summed E-state index contributed by atoms with van der Waals surface area (Å²) >= 11 is 1.52. The molecule has 4 aromatic rings. The highest BCUT2D eigenvalue weighted by Crippen LogP contribution is 2.41. The molecular weight excluding hydrogens is 421 g/mol. The molecule has 0 aliphatic heterocycles. The number of aryl methyl sites for hydroxylation is 2. The lowest BCUT2D eigenvalue weighted by Crippen LogP contribution is -2.18. The molecule has 0 aliphatic carbocycles. The first-order valence-electron chi connectivity index (χ1n) is 10.3. The number of halogens is 1. The Hall–Kier alpha value is -3.51. The Bertz CT molecular complexity index is 1250. The largest absolute Gasteiger partial charge is 0.359 e. The van der Waals surface area contributed by atoms with Crippen molar-refractivity contribution >= 4 is 28.1 Å². The number of nitrogens with one attached hydrogen (secondary N) is 2. The molecule has 162 valence electrons. The summed E-state index contributed by atoms with van der Waals surface area (Å²) in [7, 11) is 0. The maximum atomic E-state index is 14.2. The van der Waals surface area contributed by atoms with E-state index in [1.165, 1.54) is 23.5 Å². The zero-order valence-electron chi connectivity index (χ0n) is 18.1. The van der Waals surface area contributed by atoms with Gasteiger partial charge >= 0.3 is 0 Å². The first-order chi connectivity index (χ1) is 15.4. The molecule has 0 unspecified atom stereocenters. The summed E-state index contributed by atoms with van der Waals surface area (Å²) in [6, 6.07) is 21.0. The molecule has 32 heavy (non-hydrogen) atoms. The van der Waals surface area contributed by atoms with Crippen LogP contribution in [0.15, 0.2) is 72.8 Å². The van der Waals surface area contributed by atoms with E-state index < -0.39 is 6.04 Å². The monoisotopic (exact) mass is 445 g/mol. The van der Waals surface area contributed by atoms with E-state index in [4.69, 9.17) is 0 Å². The van der Waals surface area contributed by atoms with Crippen molar-refractivity contribution < 1.29 is 9.18 Å². The highest BCUT2D eigenvalue weighted by atomic mass is 32.1. The summed E-state index contributed by atoms with van der Waals surface area (Å²) in [5.74, 6) is 0.189. The van der Waals surface area contributed by atoms with Gasteiger partial charge in [0.1, 0.15) is 16.6 Å². The molecule has 0 saturated carbocycles. The second-order valence-electron chi connectivity index (χ2n) is 7.64. The molecule has 0 spiro atoms. The fourth-order valence-electron chi connectivity index (χ4n) is 3.63. The predicted octanol–water partition coefficient (Wildman–Crippen LogP) is 6.66. The van der Waals surface area contributed by atoms with Crippen molar-refractivity contribution in [3.8, 4) is 0 Å². The van der Waals surface area contributed by atoms with Crippen molar-refractivity contribution in [2.24, 2.45) is 0 Å². The normalized spacial score (nSPS) is 11.8. The molecule has 0 saturated heterocycles. The molecule has 0 aliphatic rings. The average molecular weight is 446 g/mol. The highest BCUT2D eigenvalue weighted by molar-refractivity contribution is 7.16. The van der Waals surface area contributed by atoms with Crippen LogP contribution in [0.5, 0.6) is 0 Å². The minimum atomic E-state index is -0.393. The maximum absolute atomic E-state index is 14.2. The van der Waals surface area contributed by atoms with Crippen LogP contribution in [0.1, 0.15) is 43.7 Å². The topological polar surface area (TPSA) is 54.0 Å². The quantitative estimate of drug-likeness (QED) is 0.349. The van der Waals surface area contributed by atoms with Gasteiger partial charge in [-0.3, -0.25) is 4.79 Å². The third kappa shape index (κ3) is 4.70. The second kappa shape index (κ2) is 9.32. The fraction of sp³-hybridized carbons (Fsp3) is 0.154. The maximum Gasteiger partial charge on any atom is 0.256 e. The molecule has 0 fully saturated rings. The van der Waals surface area contributed by atoms with Crippen LogP contribution in [-0.4, -0.2) is 10.9 Å². The fourth-order valence-corrected chi connectivity index (χ4v) is 4.72. The molecule has 1 amide bonds. The van der Waals surface area contributed by atoms with Crippen molar-refractivity contribution in [2.45, 2.75) is 26.8 Å². The number of hydrogen-bond acceptors (Lipinski definition) is 4. The molecule has 2 aromatic carbocycles. The van der Waals surface area contributed by atoms with Crippen LogP contribution < -0.4 is 10.6 Å². The lowest BCUT2D eigenvalue weighted by atomic mass is 9.96. The molecule has 0 radical (unpaired) electrons. The van der Waals surface area contributed by atoms with Gasteiger partial charge in [0.05, 0.1) is 6.04 Å². The number of anilines is 2. The summed E-state index contributed by atoms with van der Waals surface area (Å²) in [5.41, 5.74) is 4.17. The molecule has 1 atom stereocenters. The molecule has 6 heteroatoms.